The summed E-state index contributed by atoms with van der Waals surface area (Å²) in [5.74, 6) is 0.191. The molecule has 2 aromatic rings. The molecule has 0 spiro atoms. The van der Waals surface area contributed by atoms with Crippen LogP contribution in [0.4, 0.5) is 11.4 Å². The maximum absolute atomic E-state index is 12.3. The molecule has 0 bridgehead atoms. The Morgan fingerprint density at radius 3 is 2.52 bits per heavy atom. The fourth-order valence-corrected chi connectivity index (χ4v) is 3.17. The van der Waals surface area contributed by atoms with Crippen molar-refractivity contribution in [3.8, 4) is 11.5 Å². The summed E-state index contributed by atoms with van der Waals surface area (Å²) in [5.41, 5.74) is 1.54. The highest BCUT2D eigenvalue weighted by molar-refractivity contribution is 6.01. The lowest BCUT2D eigenvalue weighted by atomic mass is 10.2. The highest BCUT2D eigenvalue weighted by atomic mass is 16.5. The second-order valence-corrected chi connectivity index (χ2v) is 6.47. The molecule has 0 saturated carbocycles. The molecule has 0 aromatic heterocycles. The van der Waals surface area contributed by atoms with Crippen LogP contribution in [-0.4, -0.2) is 45.0 Å². The molecule has 3 rings (SSSR count). The van der Waals surface area contributed by atoms with Crippen LogP contribution in [0.3, 0.4) is 0 Å². The molecule has 2 N–H and O–H groups in total. The highest BCUT2D eigenvalue weighted by Gasteiger charge is 2.24. The zero-order chi connectivity index (χ0) is 20.8. The summed E-state index contributed by atoms with van der Waals surface area (Å²) in [6, 6.07) is 11.9. The number of amides is 3. The lowest BCUT2D eigenvalue weighted by Crippen LogP contribution is -2.33. The molecule has 1 aliphatic heterocycles. The van der Waals surface area contributed by atoms with E-state index in [0.29, 0.717) is 41.4 Å². The summed E-state index contributed by atoms with van der Waals surface area (Å²) in [7, 11) is 2.99. The molecule has 0 radical (unpaired) electrons. The normalized spacial score (nSPS) is 13.2. The van der Waals surface area contributed by atoms with Gasteiger partial charge in [-0.1, -0.05) is 12.1 Å². The number of carbonyl (C=O) groups excluding carboxylic acids is 3. The van der Waals surface area contributed by atoms with Crippen molar-refractivity contribution in [2.24, 2.45) is 0 Å². The van der Waals surface area contributed by atoms with Gasteiger partial charge < -0.3 is 25.0 Å². The van der Waals surface area contributed by atoms with Gasteiger partial charge in [0.15, 0.2) is 0 Å². The van der Waals surface area contributed by atoms with Crippen LogP contribution in [0.5, 0.6) is 11.5 Å². The Morgan fingerprint density at radius 1 is 1.07 bits per heavy atom. The van der Waals surface area contributed by atoms with Gasteiger partial charge in [0.2, 0.25) is 11.8 Å². The van der Waals surface area contributed by atoms with E-state index in [1.165, 1.54) is 14.2 Å². The lowest BCUT2D eigenvalue weighted by molar-refractivity contribution is -0.117. The van der Waals surface area contributed by atoms with Gasteiger partial charge in [-0.05, 0) is 30.7 Å². The molecule has 1 aliphatic rings. The van der Waals surface area contributed by atoms with Gasteiger partial charge in [0.1, 0.15) is 11.5 Å². The van der Waals surface area contributed by atoms with Gasteiger partial charge in [0.25, 0.3) is 5.91 Å². The van der Waals surface area contributed by atoms with Crippen LogP contribution in [0.15, 0.2) is 42.5 Å². The summed E-state index contributed by atoms with van der Waals surface area (Å²) < 4.78 is 10.5. The Labute approximate surface area is 168 Å². The SMILES string of the molecule is COc1ccccc1C(=O)NCC(=O)Nc1ccc(N2CCCC2=O)c(OC)c1. The van der Waals surface area contributed by atoms with Crippen LogP contribution in [-0.2, 0) is 9.59 Å². The maximum atomic E-state index is 12.3. The number of methoxy groups -OCH3 is 2. The van der Waals surface area contributed by atoms with E-state index in [4.69, 9.17) is 9.47 Å². The molecule has 1 saturated heterocycles. The third kappa shape index (κ3) is 4.66. The number of benzene rings is 2. The third-order valence-corrected chi connectivity index (χ3v) is 4.59. The Balaban J connectivity index is 1.62. The Kier molecular flexibility index (Phi) is 6.33. The van der Waals surface area contributed by atoms with Crippen LogP contribution in [0.25, 0.3) is 0 Å². The first kappa shape index (κ1) is 20.2. The van der Waals surface area contributed by atoms with Crippen LogP contribution in [0.1, 0.15) is 23.2 Å². The van der Waals surface area contributed by atoms with Crippen molar-refractivity contribution >= 4 is 29.1 Å². The minimum Gasteiger partial charge on any atom is -0.496 e. The topological polar surface area (TPSA) is 97.0 Å². The van der Waals surface area contributed by atoms with E-state index in [1.54, 1.807) is 47.4 Å². The monoisotopic (exact) mass is 397 g/mol. The predicted molar refractivity (Wildman–Crippen MR) is 109 cm³/mol. The molecule has 8 nitrogen and oxygen atoms in total. The van der Waals surface area contributed by atoms with Crippen molar-refractivity contribution in [1.82, 2.24) is 5.32 Å². The second-order valence-electron chi connectivity index (χ2n) is 6.47. The van der Waals surface area contributed by atoms with Gasteiger partial charge in [-0.25, -0.2) is 0 Å². The fourth-order valence-electron chi connectivity index (χ4n) is 3.17. The number of anilines is 2. The summed E-state index contributed by atoms with van der Waals surface area (Å²) in [6.45, 7) is 0.446. The first-order valence-corrected chi connectivity index (χ1v) is 9.23. The number of ether oxygens (including phenoxy) is 2. The zero-order valence-electron chi connectivity index (χ0n) is 16.4. The van der Waals surface area contributed by atoms with Crippen molar-refractivity contribution in [2.75, 3.05) is 37.5 Å². The molecule has 1 fully saturated rings. The molecule has 152 valence electrons. The van der Waals surface area contributed by atoms with Crippen LogP contribution in [0.2, 0.25) is 0 Å². The number of carbonyl (C=O) groups is 3. The van der Waals surface area contributed by atoms with E-state index < -0.39 is 5.91 Å². The third-order valence-electron chi connectivity index (χ3n) is 4.59. The van der Waals surface area contributed by atoms with Crippen LogP contribution < -0.4 is 25.0 Å². The first-order valence-electron chi connectivity index (χ1n) is 9.23. The van der Waals surface area contributed by atoms with Crippen molar-refractivity contribution in [1.29, 1.82) is 0 Å². The highest BCUT2D eigenvalue weighted by Crippen LogP contribution is 2.33. The molecule has 3 amide bonds. The lowest BCUT2D eigenvalue weighted by Gasteiger charge is -2.19. The smallest absolute Gasteiger partial charge is 0.255 e. The van der Waals surface area contributed by atoms with E-state index in [-0.39, 0.29) is 18.4 Å². The average molecular weight is 397 g/mol. The molecule has 29 heavy (non-hydrogen) atoms. The Hall–Kier alpha value is -3.55. The van der Waals surface area contributed by atoms with Crippen molar-refractivity contribution < 1.29 is 23.9 Å². The minimum atomic E-state index is -0.405. The Bertz CT molecular complexity index is 928. The van der Waals surface area contributed by atoms with Gasteiger partial charge in [-0.2, -0.15) is 0 Å². The molecular weight excluding hydrogens is 374 g/mol. The van der Waals surface area contributed by atoms with Gasteiger partial charge in [-0.3, -0.25) is 14.4 Å². The summed E-state index contributed by atoms with van der Waals surface area (Å²) in [5, 5.41) is 5.28. The summed E-state index contributed by atoms with van der Waals surface area (Å²) in [6.07, 6.45) is 1.33. The molecule has 0 unspecified atom stereocenters. The standard InChI is InChI=1S/C21H23N3O5/c1-28-17-7-4-3-6-15(17)21(27)22-13-19(25)23-14-9-10-16(18(12-14)29-2)24-11-5-8-20(24)26/h3-4,6-7,9-10,12H,5,8,11,13H2,1-2H3,(H,22,27)(H,23,25). The molecule has 0 atom stereocenters. The van der Waals surface area contributed by atoms with E-state index in [0.717, 1.165) is 6.42 Å². The molecule has 8 heteroatoms. The first-order chi connectivity index (χ1) is 14.0. The van der Waals surface area contributed by atoms with Gasteiger partial charge in [0, 0.05) is 24.7 Å². The Morgan fingerprint density at radius 2 is 1.83 bits per heavy atom. The zero-order valence-corrected chi connectivity index (χ0v) is 16.4. The number of hydrogen-bond donors (Lipinski definition) is 2. The minimum absolute atomic E-state index is 0.0548. The van der Waals surface area contributed by atoms with Gasteiger partial charge in [0.05, 0.1) is 32.0 Å². The number of nitrogens with zero attached hydrogens (tertiary/aromatic N) is 1. The largest absolute Gasteiger partial charge is 0.496 e. The molecule has 2 aromatic carbocycles. The molecular formula is C21H23N3O5. The molecule has 0 aliphatic carbocycles. The van der Waals surface area contributed by atoms with E-state index in [9.17, 15) is 14.4 Å². The van der Waals surface area contributed by atoms with Gasteiger partial charge >= 0.3 is 0 Å². The van der Waals surface area contributed by atoms with Crippen LogP contribution in [0, 0.1) is 0 Å². The maximum Gasteiger partial charge on any atom is 0.255 e. The average Bonchev–Trinajstić information content (AvgIpc) is 3.17. The van der Waals surface area contributed by atoms with Crippen molar-refractivity contribution in [3.63, 3.8) is 0 Å². The summed E-state index contributed by atoms with van der Waals surface area (Å²) >= 11 is 0. The molecule has 1 heterocycles. The number of hydrogen-bond acceptors (Lipinski definition) is 5. The van der Waals surface area contributed by atoms with Gasteiger partial charge in [-0.15, -0.1) is 0 Å². The van der Waals surface area contributed by atoms with E-state index >= 15 is 0 Å². The van der Waals surface area contributed by atoms with Crippen molar-refractivity contribution in [2.45, 2.75) is 12.8 Å². The van der Waals surface area contributed by atoms with Crippen LogP contribution >= 0.6 is 0 Å². The van der Waals surface area contributed by atoms with E-state index in [1.807, 2.05) is 0 Å². The fraction of sp³-hybridized carbons (Fsp3) is 0.286. The van der Waals surface area contributed by atoms with E-state index in [2.05, 4.69) is 10.6 Å². The quantitative estimate of drug-likeness (QED) is 0.747. The number of nitrogens with one attached hydrogen (secondary N) is 2. The van der Waals surface area contributed by atoms with Crippen molar-refractivity contribution in [3.05, 3.63) is 48.0 Å². The summed E-state index contributed by atoms with van der Waals surface area (Å²) in [4.78, 5) is 38.2. The number of rotatable bonds is 7. The second kappa shape index (κ2) is 9.09. The number of para-hydroxylation sites is 1. The predicted octanol–water partition coefficient (Wildman–Crippen LogP) is 2.20.